The predicted molar refractivity (Wildman–Crippen MR) is 110 cm³/mol. The molecule has 0 heterocycles. The molecule has 4 aromatic carbocycles. The molecule has 2 nitrogen and oxygen atoms in total. The van der Waals surface area contributed by atoms with Gasteiger partial charge < -0.3 is 9.64 Å². The van der Waals surface area contributed by atoms with Crippen LogP contribution < -0.4 is 9.64 Å². The van der Waals surface area contributed by atoms with Crippen molar-refractivity contribution in [1.29, 1.82) is 0 Å². The first-order valence-corrected chi connectivity index (χ1v) is 8.74. The highest BCUT2D eigenvalue weighted by molar-refractivity contribution is 5.89. The molecule has 0 saturated heterocycles. The Kier molecular flexibility index (Phi) is 4.32. The average Bonchev–Trinajstić information content (AvgIpc) is 2.70. The quantitative estimate of drug-likeness (QED) is 0.414. The van der Waals surface area contributed by atoms with Gasteiger partial charge >= 0.3 is 0 Å². The van der Waals surface area contributed by atoms with Crippen LogP contribution in [-0.2, 0) is 0 Å². The van der Waals surface area contributed by atoms with Gasteiger partial charge in [-0.1, -0.05) is 48.0 Å². The van der Waals surface area contributed by atoms with Gasteiger partial charge in [0, 0.05) is 17.1 Å². The highest BCUT2D eigenvalue weighted by Gasteiger charge is 2.13. The molecule has 0 N–H and O–H groups in total. The number of aryl methyl sites for hydroxylation is 1. The van der Waals surface area contributed by atoms with Gasteiger partial charge in [0.15, 0.2) is 0 Å². The molecular weight excluding hydrogens is 318 g/mol. The molecule has 0 radical (unpaired) electrons. The summed E-state index contributed by atoms with van der Waals surface area (Å²) in [6.45, 7) is 2.11. The lowest BCUT2D eigenvalue weighted by Gasteiger charge is -2.26. The zero-order valence-electron chi connectivity index (χ0n) is 15.0. The first-order chi connectivity index (χ1) is 12.7. The first-order valence-electron chi connectivity index (χ1n) is 8.74. The zero-order chi connectivity index (χ0) is 17.9. The Morgan fingerprint density at radius 2 is 1.19 bits per heavy atom. The molecule has 0 fully saturated rings. The number of ether oxygens (including phenoxy) is 1. The summed E-state index contributed by atoms with van der Waals surface area (Å²) in [5.41, 5.74) is 4.63. The molecule has 0 amide bonds. The number of methoxy groups -OCH3 is 1. The lowest BCUT2D eigenvalue weighted by Crippen LogP contribution is -2.09. The second kappa shape index (κ2) is 6.93. The molecule has 128 valence electrons. The van der Waals surface area contributed by atoms with Crippen molar-refractivity contribution in [3.63, 3.8) is 0 Å². The number of hydrogen-bond acceptors (Lipinski definition) is 2. The van der Waals surface area contributed by atoms with Crippen LogP contribution in [0.4, 0.5) is 17.1 Å². The molecule has 0 aliphatic carbocycles. The van der Waals surface area contributed by atoms with Crippen LogP contribution in [0.15, 0.2) is 91.0 Å². The molecule has 0 spiro atoms. The molecule has 4 aromatic rings. The van der Waals surface area contributed by atoms with Gasteiger partial charge in [0.2, 0.25) is 0 Å². The number of benzene rings is 4. The maximum absolute atomic E-state index is 5.32. The molecule has 0 aliphatic rings. The topological polar surface area (TPSA) is 12.5 Å². The van der Waals surface area contributed by atoms with Crippen molar-refractivity contribution in [2.24, 2.45) is 0 Å². The Hall–Kier alpha value is -3.26. The smallest absolute Gasteiger partial charge is 0.119 e. The standard InChI is InChI=1S/C24H21NO/c1-18-7-10-21(11-8-18)25(22-13-15-24(26-2)16-14-22)23-12-9-19-5-3-4-6-20(19)17-23/h3-17H,1-2H3. The minimum Gasteiger partial charge on any atom is -0.497 e. The minimum atomic E-state index is 0.858. The Labute approximate surface area is 154 Å². The summed E-state index contributed by atoms with van der Waals surface area (Å²) < 4.78 is 5.32. The molecule has 0 aromatic heterocycles. The van der Waals surface area contributed by atoms with E-state index >= 15 is 0 Å². The fourth-order valence-corrected chi connectivity index (χ4v) is 3.19. The van der Waals surface area contributed by atoms with Crippen LogP contribution in [0, 0.1) is 6.92 Å². The van der Waals surface area contributed by atoms with Crippen molar-refractivity contribution < 1.29 is 4.74 Å². The predicted octanol–water partition coefficient (Wildman–Crippen LogP) is 6.63. The molecule has 0 saturated carbocycles. The van der Waals surface area contributed by atoms with Crippen molar-refractivity contribution >= 4 is 27.8 Å². The molecule has 0 unspecified atom stereocenters. The second-order valence-corrected chi connectivity index (χ2v) is 6.40. The Balaban J connectivity index is 1.86. The van der Waals surface area contributed by atoms with Crippen molar-refractivity contribution in [3.05, 3.63) is 96.6 Å². The average molecular weight is 339 g/mol. The summed E-state index contributed by atoms with van der Waals surface area (Å²) in [4.78, 5) is 2.27. The van der Waals surface area contributed by atoms with E-state index in [1.54, 1.807) is 7.11 Å². The van der Waals surface area contributed by atoms with Crippen LogP contribution in [0.2, 0.25) is 0 Å². The first kappa shape index (κ1) is 16.2. The van der Waals surface area contributed by atoms with Gasteiger partial charge in [-0.05, 0) is 66.2 Å². The maximum atomic E-state index is 5.32. The van der Waals surface area contributed by atoms with Gasteiger partial charge in [0.25, 0.3) is 0 Å². The highest BCUT2D eigenvalue weighted by atomic mass is 16.5. The van der Waals surface area contributed by atoms with Gasteiger partial charge in [0.05, 0.1) is 7.11 Å². The molecule has 4 rings (SSSR count). The largest absolute Gasteiger partial charge is 0.497 e. The van der Waals surface area contributed by atoms with E-state index in [1.807, 2.05) is 12.1 Å². The van der Waals surface area contributed by atoms with E-state index in [0.717, 1.165) is 22.8 Å². The van der Waals surface area contributed by atoms with Crippen LogP contribution in [-0.4, -0.2) is 7.11 Å². The summed E-state index contributed by atoms with van der Waals surface area (Å²) in [7, 11) is 1.69. The van der Waals surface area contributed by atoms with E-state index in [-0.39, 0.29) is 0 Å². The van der Waals surface area contributed by atoms with Crippen LogP contribution >= 0.6 is 0 Å². The van der Waals surface area contributed by atoms with E-state index in [2.05, 4.69) is 90.7 Å². The van der Waals surface area contributed by atoms with E-state index in [4.69, 9.17) is 4.74 Å². The number of anilines is 3. The third-order valence-corrected chi connectivity index (χ3v) is 4.61. The Morgan fingerprint density at radius 3 is 1.85 bits per heavy atom. The molecule has 2 heteroatoms. The summed E-state index contributed by atoms with van der Waals surface area (Å²) in [5.74, 6) is 0.858. The van der Waals surface area contributed by atoms with Gasteiger partial charge in [0.1, 0.15) is 5.75 Å². The van der Waals surface area contributed by atoms with Crippen molar-refractivity contribution in [1.82, 2.24) is 0 Å². The van der Waals surface area contributed by atoms with Crippen molar-refractivity contribution in [2.45, 2.75) is 6.92 Å². The van der Waals surface area contributed by atoms with Gasteiger partial charge in [-0.15, -0.1) is 0 Å². The minimum absolute atomic E-state index is 0.858. The van der Waals surface area contributed by atoms with Crippen molar-refractivity contribution in [3.8, 4) is 5.75 Å². The number of hydrogen-bond donors (Lipinski definition) is 0. The van der Waals surface area contributed by atoms with E-state index in [0.29, 0.717) is 0 Å². The highest BCUT2D eigenvalue weighted by Crippen LogP contribution is 2.36. The lowest BCUT2D eigenvalue weighted by molar-refractivity contribution is 0.415. The molecule has 0 atom stereocenters. The number of rotatable bonds is 4. The Morgan fingerprint density at radius 1 is 0.615 bits per heavy atom. The van der Waals surface area contributed by atoms with Gasteiger partial charge in [-0.25, -0.2) is 0 Å². The van der Waals surface area contributed by atoms with Crippen LogP contribution in [0.25, 0.3) is 10.8 Å². The summed E-state index contributed by atoms with van der Waals surface area (Å²) in [5, 5.41) is 2.48. The third-order valence-electron chi connectivity index (χ3n) is 4.61. The fraction of sp³-hybridized carbons (Fsp3) is 0.0833. The normalized spacial score (nSPS) is 10.7. The fourth-order valence-electron chi connectivity index (χ4n) is 3.19. The van der Waals surface area contributed by atoms with Gasteiger partial charge in [-0.3, -0.25) is 0 Å². The molecule has 0 bridgehead atoms. The third kappa shape index (κ3) is 3.14. The number of fused-ring (bicyclic) bond motifs is 1. The van der Waals surface area contributed by atoms with Crippen LogP contribution in [0.3, 0.4) is 0 Å². The number of nitrogens with zero attached hydrogens (tertiary/aromatic N) is 1. The summed E-state index contributed by atoms with van der Waals surface area (Å²) in [6, 6.07) is 31.8. The van der Waals surface area contributed by atoms with Crippen LogP contribution in [0.5, 0.6) is 5.75 Å². The second-order valence-electron chi connectivity index (χ2n) is 6.40. The Bertz CT molecular complexity index is 1020. The van der Waals surface area contributed by atoms with E-state index in [9.17, 15) is 0 Å². The SMILES string of the molecule is COc1ccc(N(c2ccc(C)cc2)c2ccc3ccccc3c2)cc1. The molecule has 0 aliphatic heterocycles. The molecular formula is C24H21NO. The van der Waals surface area contributed by atoms with E-state index in [1.165, 1.54) is 16.3 Å². The van der Waals surface area contributed by atoms with Crippen molar-refractivity contribution in [2.75, 3.05) is 12.0 Å². The monoisotopic (exact) mass is 339 g/mol. The lowest BCUT2D eigenvalue weighted by atomic mass is 10.1. The van der Waals surface area contributed by atoms with Gasteiger partial charge in [-0.2, -0.15) is 0 Å². The molecule has 26 heavy (non-hydrogen) atoms. The maximum Gasteiger partial charge on any atom is 0.119 e. The van der Waals surface area contributed by atoms with Crippen LogP contribution in [0.1, 0.15) is 5.56 Å². The zero-order valence-corrected chi connectivity index (χ0v) is 15.0. The summed E-state index contributed by atoms with van der Waals surface area (Å²) >= 11 is 0. The van der Waals surface area contributed by atoms with E-state index < -0.39 is 0 Å². The summed E-state index contributed by atoms with van der Waals surface area (Å²) in [6.07, 6.45) is 0.